The quantitative estimate of drug-likeness (QED) is 0.537. The second-order valence-corrected chi connectivity index (χ2v) is 8.33. The number of hydrogen-bond acceptors (Lipinski definition) is 3. The van der Waals surface area contributed by atoms with E-state index in [1.165, 1.54) is 24.3 Å². The number of hydrogen-bond donors (Lipinski definition) is 3. The van der Waals surface area contributed by atoms with E-state index in [9.17, 15) is 27.3 Å². The average molecular weight is 435 g/mol. The summed E-state index contributed by atoms with van der Waals surface area (Å²) >= 11 is -1.55. The van der Waals surface area contributed by atoms with E-state index in [2.05, 4.69) is 15.6 Å². The number of aryl methyl sites for hydroxylation is 1. The number of benzene rings is 2. The fourth-order valence-corrected chi connectivity index (χ4v) is 4.46. The first-order valence-electron chi connectivity index (χ1n) is 9.03. The molecule has 0 bridgehead atoms. The summed E-state index contributed by atoms with van der Waals surface area (Å²) in [5.41, 5.74) is 1.52. The van der Waals surface area contributed by atoms with Crippen molar-refractivity contribution in [1.82, 2.24) is 15.6 Å². The molecule has 156 valence electrons. The maximum absolute atomic E-state index is 14.3. The highest BCUT2D eigenvalue weighted by molar-refractivity contribution is 7.93. The van der Waals surface area contributed by atoms with Gasteiger partial charge in [0.25, 0.3) is 11.3 Å². The lowest BCUT2D eigenvalue weighted by atomic mass is 10.0. The molecule has 2 heterocycles. The molecule has 1 saturated heterocycles. The molecule has 1 fully saturated rings. The zero-order chi connectivity index (χ0) is 21.4. The fraction of sp³-hybridized carbons (Fsp3) is 0.200. The SMILES string of the molecule is O=C(CCc1c(-c2ccc(F)cc2)[nH]c2c(F)cc(F)cc12)N[C@@H]1C(=O)NC[S+]1[O-]. The molecule has 1 unspecified atom stereocenters. The summed E-state index contributed by atoms with van der Waals surface area (Å²) in [6.07, 6.45) is -0.0251. The van der Waals surface area contributed by atoms with Gasteiger partial charge in [-0.15, -0.1) is 0 Å². The highest BCUT2D eigenvalue weighted by Gasteiger charge is 2.38. The maximum atomic E-state index is 14.3. The molecule has 2 amide bonds. The van der Waals surface area contributed by atoms with Crippen LogP contribution in [0.3, 0.4) is 0 Å². The molecule has 10 heteroatoms. The summed E-state index contributed by atoms with van der Waals surface area (Å²) in [4.78, 5) is 26.8. The van der Waals surface area contributed by atoms with Gasteiger partial charge in [-0.05, 0) is 47.9 Å². The Balaban J connectivity index is 1.64. The van der Waals surface area contributed by atoms with Crippen molar-refractivity contribution in [3.8, 4) is 11.3 Å². The number of carbonyl (C=O) groups is 2. The van der Waals surface area contributed by atoms with Crippen LogP contribution in [-0.4, -0.2) is 32.6 Å². The van der Waals surface area contributed by atoms with Crippen LogP contribution in [0.15, 0.2) is 36.4 Å². The number of nitrogens with one attached hydrogen (secondary N) is 3. The van der Waals surface area contributed by atoms with Gasteiger partial charge in [-0.25, -0.2) is 13.2 Å². The minimum atomic E-state index is -1.55. The van der Waals surface area contributed by atoms with Gasteiger partial charge in [0.05, 0.1) is 5.52 Å². The van der Waals surface area contributed by atoms with Gasteiger partial charge in [-0.2, -0.15) is 0 Å². The maximum Gasteiger partial charge on any atom is 0.298 e. The summed E-state index contributed by atoms with van der Waals surface area (Å²) in [7, 11) is 0. The van der Waals surface area contributed by atoms with Crippen LogP contribution >= 0.6 is 0 Å². The Morgan fingerprint density at radius 3 is 2.57 bits per heavy atom. The third-order valence-electron chi connectivity index (χ3n) is 4.85. The number of halogens is 3. The first-order chi connectivity index (χ1) is 14.3. The molecule has 2 aromatic carbocycles. The van der Waals surface area contributed by atoms with Gasteiger partial charge in [0.15, 0.2) is 5.88 Å². The van der Waals surface area contributed by atoms with Crippen molar-refractivity contribution in [3.63, 3.8) is 0 Å². The van der Waals surface area contributed by atoms with Gasteiger partial charge >= 0.3 is 0 Å². The highest BCUT2D eigenvalue weighted by atomic mass is 32.2. The average Bonchev–Trinajstić information content (AvgIpc) is 3.22. The number of carbonyl (C=O) groups excluding carboxylic acids is 2. The predicted molar refractivity (Wildman–Crippen MR) is 105 cm³/mol. The molecule has 30 heavy (non-hydrogen) atoms. The van der Waals surface area contributed by atoms with E-state index in [0.717, 1.165) is 12.1 Å². The van der Waals surface area contributed by atoms with Crippen molar-refractivity contribution in [2.45, 2.75) is 18.2 Å². The Kier molecular flexibility index (Phi) is 5.44. The van der Waals surface area contributed by atoms with Crippen LogP contribution in [-0.2, 0) is 27.2 Å². The Labute approximate surface area is 172 Å². The number of aromatic amines is 1. The number of H-pyrrole nitrogens is 1. The second kappa shape index (κ2) is 8.04. The number of rotatable bonds is 5. The summed E-state index contributed by atoms with van der Waals surface area (Å²) in [6.45, 7) is 0. The molecule has 4 rings (SSSR count). The third-order valence-corrected chi connectivity index (χ3v) is 6.14. The molecule has 0 radical (unpaired) electrons. The van der Waals surface area contributed by atoms with E-state index < -0.39 is 45.8 Å². The van der Waals surface area contributed by atoms with Crippen molar-refractivity contribution in [3.05, 3.63) is 59.4 Å². The number of fused-ring (bicyclic) bond motifs is 1. The van der Waals surface area contributed by atoms with Crippen molar-refractivity contribution >= 4 is 33.9 Å². The molecule has 1 aliphatic heterocycles. The molecule has 0 saturated carbocycles. The first-order valence-corrected chi connectivity index (χ1v) is 10.4. The predicted octanol–water partition coefficient (Wildman–Crippen LogP) is 2.46. The van der Waals surface area contributed by atoms with E-state index >= 15 is 0 Å². The van der Waals surface area contributed by atoms with Crippen molar-refractivity contribution < 1.29 is 27.3 Å². The standard InChI is InChI=1S/C20H16F3N3O3S/c21-11-3-1-10(2-4-11)17-13(14-7-12(22)8-15(23)18(14)26-17)5-6-16(27)25-20-19(28)24-9-30(20)29/h1-4,7-8,20,26H,5-6,9H2,(H,24,28)(H,25,27)/t20-,30?/m0/s1. The smallest absolute Gasteiger partial charge is 0.298 e. The largest absolute Gasteiger partial charge is 0.613 e. The molecule has 0 aliphatic carbocycles. The lowest BCUT2D eigenvalue weighted by molar-refractivity contribution is -0.126. The van der Waals surface area contributed by atoms with Crippen LogP contribution in [0.1, 0.15) is 12.0 Å². The van der Waals surface area contributed by atoms with Gasteiger partial charge in [-0.1, -0.05) is 0 Å². The van der Waals surface area contributed by atoms with Crippen LogP contribution in [0.5, 0.6) is 0 Å². The topological polar surface area (TPSA) is 97.0 Å². The van der Waals surface area contributed by atoms with Crippen LogP contribution in [0, 0.1) is 17.5 Å². The van der Waals surface area contributed by atoms with Crippen molar-refractivity contribution in [2.75, 3.05) is 5.88 Å². The molecule has 2 atom stereocenters. The number of aromatic nitrogens is 1. The molecule has 6 nitrogen and oxygen atoms in total. The van der Waals surface area contributed by atoms with Gasteiger partial charge in [-0.3, -0.25) is 9.59 Å². The monoisotopic (exact) mass is 435 g/mol. The van der Waals surface area contributed by atoms with E-state index in [1.807, 2.05) is 0 Å². The van der Waals surface area contributed by atoms with Crippen molar-refractivity contribution in [2.24, 2.45) is 0 Å². The molecular formula is C20H16F3N3O3S. The van der Waals surface area contributed by atoms with E-state index in [-0.39, 0.29) is 29.6 Å². The van der Waals surface area contributed by atoms with Crippen LogP contribution in [0.25, 0.3) is 22.2 Å². The molecule has 0 spiro atoms. The Morgan fingerprint density at radius 1 is 1.17 bits per heavy atom. The third kappa shape index (κ3) is 3.88. The minimum Gasteiger partial charge on any atom is -0.613 e. The fourth-order valence-electron chi connectivity index (χ4n) is 3.42. The lowest BCUT2D eigenvalue weighted by Crippen LogP contribution is -2.43. The number of amides is 2. The zero-order valence-corrected chi connectivity index (χ0v) is 16.2. The highest BCUT2D eigenvalue weighted by Crippen LogP contribution is 2.33. The molecule has 1 aliphatic rings. The van der Waals surface area contributed by atoms with Crippen LogP contribution < -0.4 is 10.6 Å². The second-order valence-electron chi connectivity index (χ2n) is 6.81. The summed E-state index contributed by atoms with van der Waals surface area (Å²) in [6, 6.07) is 7.37. The Hall–Kier alpha value is -2.98. The zero-order valence-electron chi connectivity index (χ0n) is 15.4. The van der Waals surface area contributed by atoms with Gasteiger partial charge in [0.1, 0.15) is 17.5 Å². The van der Waals surface area contributed by atoms with Gasteiger partial charge in [0, 0.05) is 34.7 Å². The van der Waals surface area contributed by atoms with E-state index in [0.29, 0.717) is 16.8 Å². The first kappa shape index (κ1) is 20.3. The molecule has 3 aromatic rings. The normalized spacial score (nSPS) is 18.6. The Morgan fingerprint density at radius 2 is 1.90 bits per heavy atom. The van der Waals surface area contributed by atoms with Crippen LogP contribution in [0.4, 0.5) is 13.2 Å². The molecule has 1 aromatic heterocycles. The molecular weight excluding hydrogens is 419 g/mol. The summed E-state index contributed by atoms with van der Waals surface area (Å²) in [5.74, 6) is -3.09. The van der Waals surface area contributed by atoms with Crippen LogP contribution in [0.2, 0.25) is 0 Å². The van der Waals surface area contributed by atoms with Gasteiger partial charge in [0.2, 0.25) is 5.91 Å². The van der Waals surface area contributed by atoms with Gasteiger partial charge < -0.3 is 20.2 Å². The van der Waals surface area contributed by atoms with E-state index in [4.69, 9.17) is 0 Å². The Bertz CT molecular complexity index is 1130. The summed E-state index contributed by atoms with van der Waals surface area (Å²) in [5, 5.41) is 3.96. The summed E-state index contributed by atoms with van der Waals surface area (Å²) < 4.78 is 53.2. The molecule has 3 N–H and O–H groups in total. The van der Waals surface area contributed by atoms with Crippen molar-refractivity contribution in [1.29, 1.82) is 0 Å². The minimum absolute atomic E-state index is 0.0283. The van der Waals surface area contributed by atoms with E-state index in [1.54, 1.807) is 0 Å². The lowest BCUT2D eigenvalue weighted by Gasteiger charge is -2.12.